The van der Waals surface area contributed by atoms with Crippen LogP contribution in [0.4, 0.5) is 0 Å². The van der Waals surface area contributed by atoms with Gasteiger partial charge in [-0.2, -0.15) is 5.10 Å². The average Bonchev–Trinajstić information content (AvgIpc) is 1.68. The number of carbonyl (C=O) groups excluding carboxylic acids is 3. The fourth-order valence-electron chi connectivity index (χ4n) is 10.8. The Bertz CT molecular complexity index is 4360. The van der Waals surface area contributed by atoms with Crippen LogP contribution in [0.1, 0.15) is 116 Å². The average molecular weight is 1390 g/mol. The number of halogens is 2. The first-order valence-corrected chi connectivity index (χ1v) is 34.0. The highest BCUT2D eigenvalue weighted by atomic mass is 35.5. The van der Waals surface area contributed by atoms with E-state index in [1.165, 1.54) is 42.5 Å². The first kappa shape index (κ1) is 73.3. The number of ketones is 1. The van der Waals surface area contributed by atoms with E-state index in [1.807, 2.05) is 81.4 Å². The molecule has 6 aromatic carbocycles. The van der Waals surface area contributed by atoms with Crippen molar-refractivity contribution in [1.82, 2.24) is 19.1 Å². The summed E-state index contributed by atoms with van der Waals surface area (Å²) in [6.07, 6.45) is 3.88. The number of aryl methyl sites for hydroxylation is 4. The van der Waals surface area contributed by atoms with Crippen molar-refractivity contribution in [3.63, 3.8) is 0 Å². The molecule has 0 bridgehead atoms. The van der Waals surface area contributed by atoms with E-state index in [9.17, 15) is 37.5 Å². The van der Waals surface area contributed by atoms with E-state index >= 15 is 0 Å². The van der Waals surface area contributed by atoms with Gasteiger partial charge >= 0.3 is 17.9 Å². The van der Waals surface area contributed by atoms with Gasteiger partial charge < -0.3 is 43.6 Å². The zero-order valence-corrected chi connectivity index (χ0v) is 58.1. The molecule has 0 saturated carbocycles. The zero-order valence-electron chi connectivity index (χ0n) is 55.8. The normalized spacial score (nSPS) is 14.1. The van der Waals surface area contributed by atoms with Crippen molar-refractivity contribution in [3.8, 4) is 40.1 Å². The minimum Gasteiger partial charge on any atom is -0.493 e. The molecule has 11 rings (SSSR count). The van der Waals surface area contributed by atoms with Crippen LogP contribution in [0, 0.1) is 19.3 Å². The van der Waals surface area contributed by atoms with Crippen LogP contribution < -0.4 is 19.8 Å². The predicted molar refractivity (Wildman–Crippen MR) is 367 cm³/mol. The van der Waals surface area contributed by atoms with E-state index < -0.39 is 44.7 Å². The van der Waals surface area contributed by atoms with Crippen LogP contribution in [-0.2, 0) is 81.9 Å². The highest BCUT2D eigenvalue weighted by Crippen LogP contribution is 2.42. The van der Waals surface area contributed by atoms with Crippen molar-refractivity contribution in [2.45, 2.75) is 118 Å². The maximum atomic E-state index is 13.5. The summed E-state index contributed by atoms with van der Waals surface area (Å²) >= 11 is 11.8. The third kappa shape index (κ3) is 17.4. The van der Waals surface area contributed by atoms with Crippen molar-refractivity contribution in [2.24, 2.45) is 22.8 Å². The standard InChI is InChI=1S/C23H32N2O4.C18H17NO3.C16H17N3O5S.C15H12Cl2O4/c1-7-16-13-15(3)14-17(8-2)18(16)19-20(26)24-9-11-28-12-10-25(24)21(19)29-22(27)23(4,5)6;1-2-21-17(20)16-13-18(22-19-16,14-9-5-3-6-10-14)15-11-7-4-8-12-15;1-9-10(15(20)11-8-17-19(2)16(11)21)4-5-13(25(3,22)23)14(9)12-6-7-24-18-12;1-9(15(18)19)20-11-3-5-12(6-4-11)21-14-7-2-10(16)8-13(14)17/h13-14H,7-12H2,1-6H3;3-12H,2,13H2,1H3;4-5,8,21H,6-7H2,1-3H3;2-9H,1H3,(H,18,19). The highest BCUT2D eigenvalue weighted by Gasteiger charge is 2.45. The number of nitrogens with zero attached hydrogens (tertiary/aromatic N) is 6. The number of hydrogen-bond acceptors (Lipinski definition) is 18. The van der Waals surface area contributed by atoms with Gasteiger partial charge in [0.25, 0.3) is 5.56 Å². The minimum absolute atomic E-state index is 0.0493. The lowest BCUT2D eigenvalue weighted by molar-refractivity contribution is -0.144. The Balaban J connectivity index is 0.000000166. The molecular formula is C72H78Cl2N6O16S. The number of hydrogen-bond donors (Lipinski definition) is 2. The van der Waals surface area contributed by atoms with E-state index in [0.717, 1.165) is 46.9 Å². The number of oxime groups is 2. The van der Waals surface area contributed by atoms with E-state index in [-0.39, 0.29) is 33.4 Å². The molecule has 3 aliphatic heterocycles. The van der Waals surface area contributed by atoms with Gasteiger partial charge in [-0.3, -0.25) is 14.4 Å². The number of rotatable bonds is 17. The topological polar surface area (TPSA) is 277 Å². The van der Waals surface area contributed by atoms with Gasteiger partial charge in [-0.15, -0.1) is 0 Å². The molecule has 8 aromatic rings. The van der Waals surface area contributed by atoms with Crippen molar-refractivity contribution >= 4 is 68.2 Å². The lowest BCUT2D eigenvalue weighted by Crippen LogP contribution is -2.29. The SMILES string of the molecule is CC(Oc1ccc(Oc2ccc(Cl)cc2Cl)cc1)C(=O)O.CCOC(=O)C1=NOC(c2ccccc2)(c2ccccc2)C1.CCc1cc(C)cc(CC)c1-c1c(OC(=O)C(C)(C)C)n2n(c1=O)CCOCC2.Cc1c(C(=O)c2cnn(C)c2O)ccc(S(C)(=O)=O)c1C1=NOCC1. The van der Waals surface area contributed by atoms with E-state index in [2.05, 4.69) is 48.3 Å². The molecule has 2 aromatic heterocycles. The molecule has 1 unspecified atom stereocenters. The number of fused-ring (bicyclic) bond motifs is 1. The second kappa shape index (κ2) is 32.0. The van der Waals surface area contributed by atoms with E-state index in [4.69, 9.17) is 61.7 Å². The van der Waals surface area contributed by atoms with E-state index in [1.54, 1.807) is 65.7 Å². The first-order valence-electron chi connectivity index (χ1n) is 31.3. The summed E-state index contributed by atoms with van der Waals surface area (Å²) in [5, 5.41) is 31.4. The van der Waals surface area contributed by atoms with Crippen LogP contribution in [0.15, 0.2) is 154 Å². The molecule has 3 aliphatic rings. The summed E-state index contributed by atoms with van der Waals surface area (Å²) in [4.78, 5) is 72.7. The highest BCUT2D eigenvalue weighted by molar-refractivity contribution is 7.90. The fourth-order valence-corrected chi connectivity index (χ4v) is 12.2. The van der Waals surface area contributed by atoms with Crippen LogP contribution in [0.5, 0.6) is 29.0 Å². The summed E-state index contributed by atoms with van der Waals surface area (Å²) in [6, 6.07) is 38.2. The summed E-state index contributed by atoms with van der Waals surface area (Å²) in [5.41, 5.74) is 7.12. The molecule has 97 heavy (non-hydrogen) atoms. The molecule has 1 atom stereocenters. The quantitative estimate of drug-likeness (QED) is 0.0633. The Morgan fingerprint density at radius 1 is 0.763 bits per heavy atom. The number of aromatic nitrogens is 4. The van der Waals surface area contributed by atoms with Gasteiger partial charge in [0.15, 0.2) is 33.0 Å². The van der Waals surface area contributed by atoms with Gasteiger partial charge in [0.05, 0.1) is 66.6 Å². The molecule has 512 valence electrons. The van der Waals surface area contributed by atoms with Gasteiger partial charge in [-0.1, -0.05) is 126 Å². The summed E-state index contributed by atoms with van der Waals surface area (Å²) in [5.74, 6) is -0.674. The Morgan fingerprint density at radius 2 is 1.37 bits per heavy atom. The number of ether oxygens (including phenoxy) is 5. The molecule has 0 fully saturated rings. The van der Waals surface area contributed by atoms with Gasteiger partial charge in [0.1, 0.15) is 35.0 Å². The summed E-state index contributed by atoms with van der Waals surface area (Å²) < 4.78 is 56.2. The van der Waals surface area contributed by atoms with Crippen molar-refractivity contribution in [2.75, 3.05) is 32.7 Å². The maximum absolute atomic E-state index is 13.5. The Morgan fingerprint density at radius 3 is 1.90 bits per heavy atom. The van der Waals surface area contributed by atoms with Crippen LogP contribution in [0.25, 0.3) is 11.1 Å². The number of carboxylic acids is 1. The van der Waals surface area contributed by atoms with Crippen LogP contribution >= 0.6 is 23.2 Å². The fraction of sp³-hybridized carbons (Fsp3) is 0.333. The predicted octanol–water partition coefficient (Wildman–Crippen LogP) is 12.8. The Hall–Kier alpha value is -9.55. The number of esters is 2. The molecule has 5 heterocycles. The Kier molecular flexibility index (Phi) is 24.2. The van der Waals surface area contributed by atoms with Gasteiger partial charge in [0.2, 0.25) is 11.8 Å². The number of carboxylic acid groups (broad SMARTS) is 1. The number of aliphatic carboxylic acids is 1. The minimum atomic E-state index is -3.52. The zero-order chi connectivity index (χ0) is 70.5. The largest absolute Gasteiger partial charge is 0.493 e. The smallest absolute Gasteiger partial charge is 0.356 e. The second-order valence-corrected chi connectivity index (χ2v) is 26.6. The van der Waals surface area contributed by atoms with Crippen molar-refractivity contribution < 1.29 is 71.2 Å². The molecule has 0 saturated heterocycles. The number of carbonyl (C=O) groups is 4. The second-order valence-electron chi connectivity index (χ2n) is 23.8. The summed E-state index contributed by atoms with van der Waals surface area (Å²) in [7, 11) is -2.00. The van der Waals surface area contributed by atoms with E-state index in [0.29, 0.717) is 114 Å². The van der Waals surface area contributed by atoms with Crippen LogP contribution in [-0.4, -0.2) is 112 Å². The monoisotopic (exact) mass is 1380 g/mol. The Labute approximate surface area is 572 Å². The van der Waals surface area contributed by atoms with Gasteiger partial charge in [0, 0.05) is 47.0 Å². The lowest BCUT2D eigenvalue weighted by atomic mass is 9.82. The lowest BCUT2D eigenvalue weighted by Gasteiger charge is -2.27. The molecular weight excluding hydrogens is 1310 g/mol. The molecule has 0 aliphatic carbocycles. The number of aromatic hydroxyl groups is 1. The van der Waals surface area contributed by atoms with Crippen molar-refractivity contribution in [3.05, 3.63) is 204 Å². The van der Waals surface area contributed by atoms with Gasteiger partial charge in [-0.25, -0.2) is 32.1 Å². The van der Waals surface area contributed by atoms with Crippen molar-refractivity contribution in [1.29, 1.82) is 0 Å². The first-order chi connectivity index (χ1) is 46.1. The number of sulfone groups is 1. The maximum Gasteiger partial charge on any atom is 0.356 e. The summed E-state index contributed by atoms with van der Waals surface area (Å²) in [6.45, 7) is 19.1. The molecule has 22 nitrogen and oxygen atoms in total. The third-order valence-corrected chi connectivity index (χ3v) is 17.5. The molecule has 0 spiro atoms. The molecule has 2 N–H and O–H groups in total. The molecule has 25 heteroatoms. The third-order valence-electron chi connectivity index (χ3n) is 15.8. The van der Waals surface area contributed by atoms with Gasteiger partial charge in [-0.05, 0) is 138 Å². The van der Waals surface area contributed by atoms with Crippen LogP contribution in [0.3, 0.4) is 0 Å². The molecule has 0 radical (unpaired) electrons. The molecule has 0 amide bonds. The van der Waals surface area contributed by atoms with Crippen LogP contribution in [0.2, 0.25) is 10.0 Å². The number of benzene rings is 6.